The number of hydrogen-bond donors (Lipinski definition) is 0. The first-order valence-electron chi connectivity index (χ1n) is 8.78. The Morgan fingerprint density at radius 1 is 1.17 bits per heavy atom. The molecule has 0 saturated heterocycles. The lowest BCUT2D eigenvalue weighted by atomic mass is 10.1. The average Bonchev–Trinajstić information content (AvgIpc) is 3.38. The number of rotatable bonds is 7. The Labute approximate surface area is 180 Å². The van der Waals surface area contributed by atoms with Gasteiger partial charge >= 0.3 is 0 Å². The number of carbonyl (C=O) groups is 1. The Hall–Kier alpha value is -2.77. The Kier molecular flexibility index (Phi) is 5.87. The summed E-state index contributed by atoms with van der Waals surface area (Å²) in [6, 6.07) is 13.0. The Bertz CT molecular complexity index is 1070. The van der Waals surface area contributed by atoms with Gasteiger partial charge in [-0.2, -0.15) is 0 Å². The minimum atomic E-state index is -0.0327. The maximum absolute atomic E-state index is 12.3. The predicted octanol–water partition coefficient (Wildman–Crippen LogP) is 5.72. The van der Waals surface area contributed by atoms with Crippen LogP contribution in [0.25, 0.3) is 6.08 Å². The van der Waals surface area contributed by atoms with E-state index in [1.54, 1.807) is 25.3 Å². The van der Waals surface area contributed by atoms with Gasteiger partial charge in [0.05, 0.1) is 12.0 Å². The number of fused-ring (bicyclic) bond motifs is 1. The zero-order valence-electron chi connectivity index (χ0n) is 15.5. The van der Waals surface area contributed by atoms with Crippen molar-refractivity contribution in [3.8, 4) is 23.0 Å². The first-order chi connectivity index (χ1) is 14.1. The van der Waals surface area contributed by atoms with Crippen LogP contribution in [-0.2, 0) is 6.61 Å². The van der Waals surface area contributed by atoms with Crippen LogP contribution in [0.5, 0.6) is 23.0 Å². The van der Waals surface area contributed by atoms with Gasteiger partial charge in [-0.05, 0) is 57.9 Å². The van der Waals surface area contributed by atoms with Gasteiger partial charge in [0.15, 0.2) is 17.3 Å². The maximum Gasteiger partial charge on any atom is 0.231 e. The van der Waals surface area contributed by atoms with Crippen molar-refractivity contribution >= 4 is 39.1 Å². The van der Waals surface area contributed by atoms with Crippen molar-refractivity contribution < 1.29 is 23.7 Å². The zero-order valence-corrected chi connectivity index (χ0v) is 17.9. The fourth-order valence-electron chi connectivity index (χ4n) is 2.84. The first-order valence-corrected chi connectivity index (χ1v) is 10.5. The van der Waals surface area contributed by atoms with E-state index in [-0.39, 0.29) is 12.6 Å². The molecule has 2 aromatic carbocycles. The second kappa shape index (κ2) is 8.71. The third-order valence-corrected chi connectivity index (χ3v) is 5.99. The molecule has 0 atom stereocenters. The number of carbonyl (C=O) groups excluding carboxylic acids is 1. The van der Waals surface area contributed by atoms with Crippen LogP contribution in [0.3, 0.4) is 0 Å². The molecule has 0 bridgehead atoms. The number of ketones is 1. The van der Waals surface area contributed by atoms with Gasteiger partial charge in [-0.25, -0.2) is 0 Å². The molecule has 29 heavy (non-hydrogen) atoms. The maximum atomic E-state index is 12.3. The molecular formula is C22H17BrO5S. The number of benzene rings is 2. The van der Waals surface area contributed by atoms with E-state index in [4.69, 9.17) is 18.9 Å². The van der Waals surface area contributed by atoms with Gasteiger partial charge in [0, 0.05) is 21.5 Å². The highest BCUT2D eigenvalue weighted by molar-refractivity contribution is 9.10. The molecular weight excluding hydrogens is 456 g/mol. The molecule has 0 N–H and O–H groups in total. The summed E-state index contributed by atoms with van der Waals surface area (Å²) in [5.41, 5.74) is 1.76. The number of methoxy groups -OCH3 is 1. The first kappa shape index (κ1) is 19.5. The Morgan fingerprint density at radius 3 is 2.83 bits per heavy atom. The van der Waals surface area contributed by atoms with Crippen molar-refractivity contribution in [2.45, 2.75) is 6.61 Å². The Balaban J connectivity index is 1.47. The molecule has 1 aliphatic rings. The molecule has 0 unspecified atom stereocenters. The molecule has 148 valence electrons. The fourth-order valence-corrected chi connectivity index (χ4v) is 4.19. The van der Waals surface area contributed by atoms with Gasteiger partial charge in [0.2, 0.25) is 6.79 Å². The van der Waals surface area contributed by atoms with Crippen LogP contribution >= 0.6 is 27.3 Å². The summed E-state index contributed by atoms with van der Waals surface area (Å²) >= 11 is 4.78. The lowest BCUT2D eigenvalue weighted by molar-refractivity contribution is 0.105. The monoisotopic (exact) mass is 472 g/mol. The molecule has 0 aliphatic carbocycles. The summed E-state index contributed by atoms with van der Waals surface area (Å²) in [4.78, 5) is 13.0. The van der Waals surface area contributed by atoms with E-state index < -0.39 is 0 Å². The van der Waals surface area contributed by atoms with Gasteiger partial charge < -0.3 is 18.9 Å². The van der Waals surface area contributed by atoms with Gasteiger partial charge in [-0.3, -0.25) is 4.79 Å². The van der Waals surface area contributed by atoms with Crippen molar-refractivity contribution in [1.29, 1.82) is 0 Å². The van der Waals surface area contributed by atoms with E-state index in [0.717, 1.165) is 21.3 Å². The molecule has 0 radical (unpaired) electrons. The van der Waals surface area contributed by atoms with Crippen LogP contribution in [0.15, 0.2) is 58.4 Å². The molecule has 0 amide bonds. The largest absolute Gasteiger partial charge is 0.496 e. The van der Waals surface area contributed by atoms with Crippen LogP contribution in [0, 0.1) is 0 Å². The third kappa shape index (κ3) is 4.63. The molecule has 2 heterocycles. The second-order valence-corrected chi connectivity index (χ2v) is 8.03. The van der Waals surface area contributed by atoms with Gasteiger partial charge in [0.1, 0.15) is 18.1 Å². The number of ether oxygens (including phenoxy) is 4. The topological polar surface area (TPSA) is 54.0 Å². The Morgan fingerprint density at radius 2 is 2.03 bits per heavy atom. The lowest BCUT2D eigenvalue weighted by Crippen LogP contribution is -1.99. The number of hydrogen-bond acceptors (Lipinski definition) is 6. The third-order valence-electron chi connectivity index (χ3n) is 4.28. The van der Waals surface area contributed by atoms with E-state index in [1.165, 1.54) is 11.3 Å². The number of halogens is 1. The molecule has 1 aliphatic heterocycles. The molecule has 7 heteroatoms. The summed E-state index contributed by atoms with van der Waals surface area (Å²) in [7, 11) is 1.62. The number of allylic oxidation sites excluding steroid dienone is 1. The van der Waals surface area contributed by atoms with Gasteiger partial charge in [-0.1, -0.05) is 12.1 Å². The zero-order chi connectivity index (χ0) is 20.2. The minimum absolute atomic E-state index is 0.0327. The van der Waals surface area contributed by atoms with Crippen molar-refractivity contribution in [2.24, 2.45) is 0 Å². The lowest BCUT2D eigenvalue weighted by Gasteiger charge is -2.11. The van der Waals surface area contributed by atoms with Crippen molar-refractivity contribution in [1.82, 2.24) is 0 Å². The number of thiophene rings is 1. The molecule has 0 spiro atoms. The van der Waals surface area contributed by atoms with E-state index >= 15 is 0 Å². The highest BCUT2D eigenvalue weighted by Crippen LogP contribution is 2.35. The smallest absolute Gasteiger partial charge is 0.231 e. The minimum Gasteiger partial charge on any atom is -0.496 e. The van der Waals surface area contributed by atoms with Crippen LogP contribution in [-0.4, -0.2) is 19.7 Å². The van der Waals surface area contributed by atoms with Gasteiger partial charge in [-0.15, -0.1) is 11.3 Å². The summed E-state index contributed by atoms with van der Waals surface area (Å²) < 4.78 is 22.9. The predicted molar refractivity (Wildman–Crippen MR) is 115 cm³/mol. The highest BCUT2D eigenvalue weighted by atomic mass is 79.9. The quantitative estimate of drug-likeness (QED) is 0.325. The van der Waals surface area contributed by atoms with Crippen molar-refractivity contribution in [3.63, 3.8) is 0 Å². The molecule has 3 aromatic rings. The van der Waals surface area contributed by atoms with Crippen LogP contribution in [0.4, 0.5) is 0 Å². The molecule has 5 nitrogen and oxygen atoms in total. The fraction of sp³-hybridized carbons (Fsp3) is 0.136. The molecule has 4 rings (SSSR count). The molecule has 0 fully saturated rings. The van der Waals surface area contributed by atoms with E-state index in [2.05, 4.69) is 15.9 Å². The van der Waals surface area contributed by atoms with Crippen molar-refractivity contribution in [2.75, 3.05) is 13.9 Å². The highest BCUT2D eigenvalue weighted by Gasteiger charge is 2.14. The second-order valence-electron chi connectivity index (χ2n) is 6.20. The normalized spacial score (nSPS) is 12.3. The van der Waals surface area contributed by atoms with E-state index in [1.807, 2.05) is 41.8 Å². The summed E-state index contributed by atoms with van der Waals surface area (Å²) in [6.07, 6.45) is 3.36. The molecule has 1 aromatic heterocycles. The summed E-state index contributed by atoms with van der Waals surface area (Å²) in [5, 5.41) is 1.89. The van der Waals surface area contributed by atoms with Gasteiger partial charge in [0.25, 0.3) is 0 Å². The standard InChI is InChI=1S/C22H17BrO5S/c1-25-19-6-3-14(2-5-18(24)22-9-16(23)12-29-22)8-15(19)11-26-17-4-7-20-21(10-17)28-13-27-20/h2-10,12H,11,13H2,1H3/b5-2+. The van der Waals surface area contributed by atoms with Crippen LogP contribution < -0.4 is 18.9 Å². The van der Waals surface area contributed by atoms with Crippen LogP contribution in [0.1, 0.15) is 20.8 Å². The van der Waals surface area contributed by atoms with E-state index in [9.17, 15) is 4.79 Å². The average molecular weight is 473 g/mol. The summed E-state index contributed by atoms with van der Waals surface area (Å²) in [6.45, 7) is 0.540. The summed E-state index contributed by atoms with van der Waals surface area (Å²) in [5.74, 6) is 2.75. The van der Waals surface area contributed by atoms with E-state index in [0.29, 0.717) is 28.7 Å². The SMILES string of the molecule is COc1ccc(/C=C/C(=O)c2cc(Br)cs2)cc1COc1ccc2c(c1)OCO2. The van der Waals surface area contributed by atoms with Crippen LogP contribution in [0.2, 0.25) is 0 Å². The molecule has 0 saturated carbocycles. The van der Waals surface area contributed by atoms with Crippen molar-refractivity contribution in [3.05, 3.63) is 74.4 Å².